The van der Waals surface area contributed by atoms with Crippen LogP contribution in [-0.2, 0) is 136 Å². The third-order valence-corrected chi connectivity index (χ3v) is 28.8. The Labute approximate surface area is 835 Å². The maximum absolute atomic E-state index is 14.2. The summed E-state index contributed by atoms with van der Waals surface area (Å²) in [5.41, 5.74) is -3.27. The van der Waals surface area contributed by atoms with Gasteiger partial charge in [-0.25, -0.2) is 63.1 Å². The van der Waals surface area contributed by atoms with Crippen molar-refractivity contribution in [3.8, 4) is 17.6 Å². The van der Waals surface area contributed by atoms with Crippen molar-refractivity contribution < 1.29 is 167 Å². The van der Waals surface area contributed by atoms with E-state index >= 15 is 0 Å². The SMILES string of the molecule is CC[C@@H]1[C@@H]2CN(C(=O)[C@H](C(C)(C)C)NC(=O)O[C@@H]3CCC[C@H]3CCCCCc3nc4ccc(C(F)(F)F)cc4nc3O2)[C@@H]1[C-]=O.CC[C@@H]1[C@@H]2CN(C(=O)[C@H](C(C)(C)C)NC(=O)O[C@]3(C)CCC[C@H]3CCCCCc3nc4ccc(C(F)(F)F)cc4nc3O2)[C@@H]1[C-]=O.CC[C@@H]1[C@@H]2CN(C(=O)[C@H](C(C)(C)C)NC(=O)O[C@]3(C)C[C@H]3CCCCCc3nc4ccc(C(F)(F)F)cc4nc3O2)[C@@H]1[C-]=O.[V].[V].[V]. The van der Waals surface area contributed by atoms with E-state index in [2.05, 4.69) is 40.9 Å². The molecule has 0 unspecified atom stereocenters. The second-order valence-corrected chi connectivity index (χ2v) is 41.5. The van der Waals surface area contributed by atoms with Gasteiger partial charge in [0.1, 0.15) is 70.8 Å². The Morgan fingerprint density at radius 1 is 0.377 bits per heavy atom. The Bertz CT molecular complexity index is 5340. The number of nitrogens with one attached hydrogen (secondary N) is 3. The number of aromatic nitrogens is 6. The summed E-state index contributed by atoms with van der Waals surface area (Å²) in [7, 11) is 0. The van der Waals surface area contributed by atoms with Crippen LogP contribution in [0.5, 0.6) is 17.6 Å². The van der Waals surface area contributed by atoms with Crippen LogP contribution in [0.25, 0.3) is 33.1 Å². The van der Waals surface area contributed by atoms with Crippen molar-refractivity contribution >= 4 is 88.0 Å². The maximum Gasteiger partial charge on any atom is 0.416 e. The number of fused-ring (bicyclic) bond motifs is 15. The standard InChI is InChI=1S/C34H44F3N4O5.C33H42F3N4O5.C32H40F3N4O5.3V/c1-6-22-26(19-42)41-18-27(22)45-29-24(38-23-15-14-21(34(35,36)37)17-25(23)39-29)13-9-7-8-11-20-12-10-16-33(20,5)46-31(44)40-28(30(41)43)32(2,3)4;1-5-21-25(18-41)40-17-27(21)44-29-23(37-22-15-14-20(33(34,35)36)16-24(22)38-29)12-8-6-7-10-19-11-9-13-26(19)45-31(43)39-28(30(40)42)32(2,3)4;1-6-20-24(17-40)39-16-25(20)43-27-22(36-21-13-12-18(32(33,34)35)14-23(21)37-27)11-9-7-8-10-19-15-31(19,5)44-29(42)38-26(28(39)41)30(2,3)4;;;/h14-15,17,20,22,26-28H,6-13,16,18H2,1-5H3,(H,40,44);14-16,19,21,25-28H,5-13,17H2,1-4H3,(H,39,43);12-14,19-20,24-26H,6-11,15-16H2,1-5H3,(H,38,42);;;/q3*-1;;;/t20-,22+,26-,27+,28-,33-;19-,21+,25-,26-,27+,28-;19-,20+,24-,25+,26-,31-;;;/m111.../s1. The number of amides is 6. The van der Waals surface area contributed by atoms with E-state index in [1.807, 2.05) is 116 Å². The molecule has 3 aliphatic carbocycles. The fourth-order valence-electron chi connectivity index (χ4n) is 20.8. The van der Waals surface area contributed by atoms with Crippen LogP contribution in [0.1, 0.15) is 272 Å². The zero-order chi connectivity index (χ0) is 98.0. The molecule has 6 amide bonds. The molecule has 6 aromatic rings. The molecule has 3 saturated heterocycles. The number of carbonyl (C=O) groups is 6. The van der Waals surface area contributed by atoms with Gasteiger partial charge in [0.05, 0.1) is 69.4 Å². The third-order valence-electron chi connectivity index (χ3n) is 28.8. The van der Waals surface area contributed by atoms with Crippen molar-refractivity contribution in [1.82, 2.24) is 60.6 Å². The third kappa shape index (κ3) is 25.9. The first kappa shape index (κ1) is 111. The van der Waals surface area contributed by atoms with Crippen molar-refractivity contribution in [3.63, 3.8) is 0 Å². The number of halogens is 9. The smallest absolute Gasteiger partial charge is 0.416 e. The molecule has 3 aromatic carbocycles. The molecule has 9 aliphatic rings. The molecule has 15 rings (SSSR count). The minimum Gasteiger partial charge on any atom is -0.540 e. The van der Waals surface area contributed by atoms with Gasteiger partial charge in [0.2, 0.25) is 35.4 Å². The van der Waals surface area contributed by atoms with Crippen LogP contribution in [0.4, 0.5) is 53.9 Å². The number of carbonyl (C=O) groups excluding carboxylic acids is 9. The zero-order valence-electron chi connectivity index (χ0n) is 80.6. The average Bonchev–Trinajstić information content (AvgIpc) is 1.61. The van der Waals surface area contributed by atoms with E-state index in [1.165, 1.54) is 32.9 Å². The predicted molar refractivity (Wildman–Crippen MR) is 480 cm³/mol. The molecule has 3 aromatic heterocycles. The van der Waals surface area contributed by atoms with Crippen molar-refractivity contribution in [2.45, 2.75) is 348 Å². The largest absolute Gasteiger partial charge is 0.540 e. The number of hydrogen-bond donors (Lipinski definition) is 3. The molecule has 39 heteroatoms. The Morgan fingerprint density at radius 3 is 1.03 bits per heavy atom. The Balaban J connectivity index is 0.000000211. The Hall–Kier alpha value is -8.57. The molecule has 6 bridgehead atoms. The van der Waals surface area contributed by atoms with Crippen LogP contribution >= 0.6 is 0 Å². The van der Waals surface area contributed by atoms with Crippen LogP contribution in [0.3, 0.4) is 0 Å². The van der Waals surface area contributed by atoms with Gasteiger partial charge in [0, 0.05) is 61.6 Å². The zero-order valence-corrected chi connectivity index (χ0v) is 84.8. The topological polar surface area (TPSA) is 332 Å². The minimum absolute atomic E-state index is 0. The average molecular weight is 2050 g/mol. The van der Waals surface area contributed by atoms with E-state index in [0.717, 1.165) is 158 Å². The molecule has 9 heterocycles. The number of aryl methyl sites for hydroxylation is 3. The molecule has 6 aliphatic heterocycles. The summed E-state index contributed by atoms with van der Waals surface area (Å²) in [6.45, 7) is 25.9. The van der Waals surface area contributed by atoms with Crippen LogP contribution in [0.15, 0.2) is 54.6 Å². The van der Waals surface area contributed by atoms with Gasteiger partial charge in [-0.15, -0.1) is 0 Å². The molecule has 27 nitrogen and oxygen atoms in total. The molecule has 3 saturated carbocycles. The van der Waals surface area contributed by atoms with E-state index in [-0.39, 0.29) is 133 Å². The summed E-state index contributed by atoms with van der Waals surface area (Å²) in [5, 5.41) is 8.39. The molecule has 0 spiro atoms. The van der Waals surface area contributed by atoms with E-state index in [1.54, 1.807) is 0 Å². The summed E-state index contributed by atoms with van der Waals surface area (Å²) >= 11 is 0. The van der Waals surface area contributed by atoms with Gasteiger partial charge in [0.25, 0.3) is 0 Å². The Morgan fingerprint density at radius 2 is 0.696 bits per heavy atom. The maximum atomic E-state index is 14.2. The normalized spacial score (nSPS) is 29.0. The molecule has 3 radical (unpaired) electrons. The van der Waals surface area contributed by atoms with E-state index in [9.17, 15) is 82.7 Å². The second kappa shape index (κ2) is 45.4. The number of benzene rings is 3. The minimum atomic E-state index is -4.55. The first-order valence-electron chi connectivity index (χ1n) is 47.7. The van der Waals surface area contributed by atoms with Crippen LogP contribution in [-0.4, -0.2) is 191 Å². The first-order chi connectivity index (χ1) is 63.6. The second-order valence-electron chi connectivity index (χ2n) is 41.5. The molecular weight excluding hydrogens is 1920 g/mol. The molecule has 18 atom stereocenters. The monoisotopic (exact) mass is 2050 g/mol. The van der Waals surface area contributed by atoms with E-state index in [0.29, 0.717) is 72.2 Å². The molecule has 138 heavy (non-hydrogen) atoms. The Kier molecular flexibility index (Phi) is 36.6. The number of nitrogens with zero attached hydrogens (tertiary/aromatic N) is 9. The van der Waals surface area contributed by atoms with Gasteiger partial charge in [-0.05, 0) is 217 Å². The fraction of sp³-hybridized carbons (Fsp3) is 0.667. The number of rotatable bonds is 6. The summed E-state index contributed by atoms with van der Waals surface area (Å²) in [5.74, 6) is -1.88. The van der Waals surface area contributed by atoms with Crippen molar-refractivity contribution in [3.05, 3.63) is 88.4 Å². The molecular formula is C99H126F9N12O15V3-3. The fourth-order valence-corrected chi connectivity index (χ4v) is 20.8. The van der Waals surface area contributed by atoms with Crippen LogP contribution in [0, 0.1) is 51.8 Å². The number of alkyl carbamates (subject to hydrolysis) is 3. The van der Waals surface area contributed by atoms with Crippen molar-refractivity contribution in [2.24, 2.45) is 51.8 Å². The molecule has 6 fully saturated rings. The van der Waals surface area contributed by atoms with Crippen LogP contribution < -0.4 is 30.2 Å². The summed E-state index contributed by atoms with van der Waals surface area (Å²) in [6, 6.07) is 3.92. The number of hydrogen-bond acceptors (Lipinski definition) is 21. The quantitative estimate of drug-likeness (QED) is 0.0792. The molecule has 3 N–H and O–H groups in total. The van der Waals surface area contributed by atoms with E-state index < -0.39 is 171 Å². The predicted octanol–water partition coefficient (Wildman–Crippen LogP) is 18.5. The van der Waals surface area contributed by atoms with Crippen LogP contribution in [0.2, 0.25) is 0 Å². The van der Waals surface area contributed by atoms with Gasteiger partial charge in [-0.1, -0.05) is 159 Å². The van der Waals surface area contributed by atoms with Crippen molar-refractivity contribution in [1.29, 1.82) is 0 Å². The van der Waals surface area contributed by atoms with Gasteiger partial charge >= 0.3 is 36.8 Å². The van der Waals surface area contributed by atoms with Gasteiger partial charge in [0.15, 0.2) is 0 Å². The van der Waals surface area contributed by atoms with Gasteiger partial charge in [-0.3, -0.25) is 14.4 Å². The number of alkyl halides is 9. The summed E-state index contributed by atoms with van der Waals surface area (Å²) in [4.78, 5) is 151. The number of ether oxygens (including phenoxy) is 6. The molecule has 753 valence electrons. The first-order valence-corrected chi connectivity index (χ1v) is 47.7. The van der Waals surface area contributed by atoms with E-state index in [4.69, 9.17) is 33.4 Å². The van der Waals surface area contributed by atoms with Gasteiger partial charge < -0.3 is 73.5 Å². The summed E-state index contributed by atoms with van der Waals surface area (Å²) < 4.78 is 159. The van der Waals surface area contributed by atoms with Gasteiger partial charge in [-0.2, -0.15) is 39.5 Å². The van der Waals surface area contributed by atoms with Crippen molar-refractivity contribution in [2.75, 3.05) is 19.6 Å². The summed E-state index contributed by atoms with van der Waals surface area (Å²) in [6.07, 6.45) is 7.07.